The third-order valence-corrected chi connectivity index (χ3v) is 11.3. The van der Waals surface area contributed by atoms with E-state index in [4.69, 9.17) is 9.72 Å². The highest BCUT2D eigenvalue weighted by atomic mass is 32.1. The predicted molar refractivity (Wildman–Crippen MR) is 173 cm³/mol. The minimum atomic E-state index is 0.0188. The van der Waals surface area contributed by atoms with E-state index < -0.39 is 0 Å². The first-order valence-corrected chi connectivity index (χ1v) is 17.1. The van der Waals surface area contributed by atoms with Crippen LogP contribution in [0.2, 0.25) is 0 Å². The van der Waals surface area contributed by atoms with Crippen molar-refractivity contribution < 1.29 is 9.53 Å². The Morgan fingerprint density at radius 2 is 1.73 bits per heavy atom. The third kappa shape index (κ3) is 6.29. The van der Waals surface area contributed by atoms with E-state index in [2.05, 4.69) is 74.9 Å². The molecule has 0 atom stereocenters. The highest BCUT2D eigenvalue weighted by Gasteiger charge is 2.34. The summed E-state index contributed by atoms with van der Waals surface area (Å²) in [4.78, 5) is 22.4. The highest BCUT2D eigenvalue weighted by Crippen LogP contribution is 2.44. The van der Waals surface area contributed by atoms with Crippen LogP contribution in [0.1, 0.15) is 104 Å². The molecule has 4 aromatic rings. The number of benzene rings is 2. The summed E-state index contributed by atoms with van der Waals surface area (Å²) in [6, 6.07) is 15.3. The minimum absolute atomic E-state index is 0.0188. The fourth-order valence-electron chi connectivity index (χ4n) is 7.34. The standard InChI is InChI=1S/C35H42N6O2S/c1-22-18-28(16-17-31(22)43-2)24-8-6-23(7-9-24)21-41(35(42)27-14-10-25(11-15-27)33-37-39-40-38-33)30-5-3-4-29(19-30)32-20-36-34(44-32)26-12-13-26/h3-5,16-20,23-27H,6-15,21H2,1-2H3,(H,37,38,39,40). The number of ether oxygens (including phenoxy) is 1. The number of hydrogen-bond acceptors (Lipinski definition) is 7. The third-order valence-electron chi connectivity index (χ3n) is 10.1. The number of amides is 1. The molecule has 3 aliphatic carbocycles. The van der Waals surface area contributed by atoms with Crippen LogP contribution in [0.5, 0.6) is 5.75 Å². The lowest BCUT2D eigenvalue weighted by Crippen LogP contribution is -2.41. The Hall–Kier alpha value is -3.59. The van der Waals surface area contributed by atoms with Gasteiger partial charge in [0.15, 0.2) is 5.82 Å². The van der Waals surface area contributed by atoms with E-state index in [1.807, 2.05) is 17.5 Å². The fraction of sp³-hybridized carbons (Fsp3) is 0.514. The number of H-pyrrole nitrogens is 1. The van der Waals surface area contributed by atoms with Gasteiger partial charge in [-0.1, -0.05) is 29.5 Å². The summed E-state index contributed by atoms with van der Waals surface area (Å²) in [6.45, 7) is 2.90. The molecule has 7 rings (SSSR count). The van der Waals surface area contributed by atoms with Gasteiger partial charge in [-0.15, -0.1) is 21.5 Å². The summed E-state index contributed by atoms with van der Waals surface area (Å²) < 4.78 is 5.49. The number of carbonyl (C=O) groups is 1. The lowest BCUT2D eigenvalue weighted by atomic mass is 9.77. The van der Waals surface area contributed by atoms with Crippen LogP contribution in [-0.2, 0) is 4.79 Å². The lowest BCUT2D eigenvalue weighted by Gasteiger charge is -2.36. The quantitative estimate of drug-likeness (QED) is 0.208. The molecule has 44 heavy (non-hydrogen) atoms. The van der Waals surface area contributed by atoms with Crippen LogP contribution in [0.15, 0.2) is 48.7 Å². The maximum atomic E-state index is 14.4. The zero-order valence-electron chi connectivity index (χ0n) is 25.7. The SMILES string of the molecule is COc1ccc(C2CCC(CN(C(=O)C3CCC(c4nn[nH]n4)CC3)c3cccc(-c4cnc(C5CC5)s4)c3)CC2)cc1C. The number of aromatic amines is 1. The van der Waals surface area contributed by atoms with Crippen LogP contribution in [0, 0.1) is 18.8 Å². The summed E-state index contributed by atoms with van der Waals surface area (Å²) >= 11 is 1.81. The topological polar surface area (TPSA) is 96.9 Å². The number of tetrazole rings is 1. The zero-order valence-corrected chi connectivity index (χ0v) is 26.6. The van der Waals surface area contributed by atoms with E-state index in [1.54, 1.807) is 7.11 Å². The summed E-state index contributed by atoms with van der Waals surface area (Å²) in [7, 11) is 1.73. The van der Waals surface area contributed by atoms with Crippen molar-refractivity contribution in [1.29, 1.82) is 0 Å². The summed E-state index contributed by atoms with van der Waals surface area (Å²) in [6.07, 6.45) is 12.6. The maximum absolute atomic E-state index is 14.4. The van der Waals surface area contributed by atoms with Gasteiger partial charge in [0.05, 0.1) is 17.0 Å². The van der Waals surface area contributed by atoms with Crippen LogP contribution < -0.4 is 9.64 Å². The van der Waals surface area contributed by atoms with Crippen LogP contribution in [0.3, 0.4) is 0 Å². The molecule has 1 N–H and O–H groups in total. The summed E-state index contributed by atoms with van der Waals surface area (Å²) in [5, 5.41) is 16.0. The number of nitrogens with one attached hydrogen (secondary N) is 1. The van der Waals surface area contributed by atoms with E-state index in [0.29, 0.717) is 17.8 Å². The van der Waals surface area contributed by atoms with E-state index in [9.17, 15) is 4.79 Å². The summed E-state index contributed by atoms with van der Waals surface area (Å²) in [5.74, 6) is 3.99. The van der Waals surface area contributed by atoms with Crippen LogP contribution in [0.4, 0.5) is 5.69 Å². The van der Waals surface area contributed by atoms with Crippen molar-refractivity contribution in [2.24, 2.45) is 11.8 Å². The van der Waals surface area contributed by atoms with E-state index in [-0.39, 0.29) is 17.7 Å². The molecule has 0 bridgehead atoms. The Morgan fingerprint density at radius 1 is 0.955 bits per heavy atom. The van der Waals surface area contributed by atoms with Gasteiger partial charge in [0.1, 0.15) is 5.75 Å². The molecule has 0 unspecified atom stereocenters. The molecule has 3 fully saturated rings. The van der Waals surface area contributed by atoms with Gasteiger partial charge in [0, 0.05) is 36.2 Å². The van der Waals surface area contributed by atoms with Crippen LogP contribution in [0.25, 0.3) is 10.4 Å². The molecule has 2 heterocycles. The number of methoxy groups -OCH3 is 1. The molecule has 0 spiro atoms. The van der Waals surface area contributed by atoms with Crippen molar-refractivity contribution in [2.75, 3.05) is 18.6 Å². The number of hydrogen-bond donors (Lipinski definition) is 1. The Bertz CT molecular complexity index is 1570. The number of carbonyl (C=O) groups excluding carboxylic acids is 1. The molecule has 8 nitrogen and oxygen atoms in total. The highest BCUT2D eigenvalue weighted by molar-refractivity contribution is 7.15. The molecule has 0 saturated heterocycles. The van der Waals surface area contributed by atoms with Gasteiger partial charge >= 0.3 is 0 Å². The average Bonchev–Trinajstić information content (AvgIpc) is 3.53. The van der Waals surface area contributed by atoms with Crippen LogP contribution >= 0.6 is 11.3 Å². The van der Waals surface area contributed by atoms with Crippen molar-refractivity contribution in [3.05, 3.63) is 70.6 Å². The molecule has 2 aromatic heterocycles. The first-order chi connectivity index (χ1) is 21.6. The molecular formula is C35H42N6O2S. The second-order valence-electron chi connectivity index (χ2n) is 13.1. The number of nitrogens with zero attached hydrogens (tertiary/aromatic N) is 5. The van der Waals surface area contributed by atoms with Gasteiger partial charge in [-0.2, -0.15) is 5.21 Å². The van der Waals surface area contributed by atoms with Gasteiger partial charge in [0.25, 0.3) is 0 Å². The van der Waals surface area contributed by atoms with E-state index >= 15 is 0 Å². The molecule has 0 radical (unpaired) electrons. The van der Waals surface area contributed by atoms with Crippen molar-refractivity contribution in [2.45, 2.75) is 88.9 Å². The normalized spacial score (nSPS) is 23.8. The lowest BCUT2D eigenvalue weighted by molar-refractivity contribution is -0.123. The van der Waals surface area contributed by atoms with Crippen molar-refractivity contribution in [1.82, 2.24) is 25.6 Å². The van der Waals surface area contributed by atoms with E-state index in [1.165, 1.54) is 33.9 Å². The summed E-state index contributed by atoms with van der Waals surface area (Å²) in [5.41, 5.74) is 4.78. The average molecular weight is 611 g/mol. The monoisotopic (exact) mass is 610 g/mol. The molecule has 2 aromatic carbocycles. The molecule has 3 saturated carbocycles. The largest absolute Gasteiger partial charge is 0.496 e. The Labute approximate surface area is 263 Å². The zero-order chi connectivity index (χ0) is 30.0. The minimum Gasteiger partial charge on any atom is -0.496 e. The number of rotatable bonds is 9. The maximum Gasteiger partial charge on any atom is 0.230 e. The predicted octanol–water partition coefficient (Wildman–Crippen LogP) is 7.80. The fourth-order valence-corrected chi connectivity index (χ4v) is 8.43. The van der Waals surface area contributed by atoms with Crippen molar-refractivity contribution in [3.63, 3.8) is 0 Å². The molecule has 9 heteroatoms. The van der Waals surface area contributed by atoms with Gasteiger partial charge in [-0.05, 0) is 118 Å². The smallest absolute Gasteiger partial charge is 0.230 e. The van der Waals surface area contributed by atoms with Crippen molar-refractivity contribution >= 4 is 22.9 Å². The van der Waals surface area contributed by atoms with Gasteiger partial charge in [0.2, 0.25) is 5.91 Å². The van der Waals surface area contributed by atoms with E-state index in [0.717, 1.165) is 80.7 Å². The number of aromatic nitrogens is 5. The number of aryl methyl sites for hydroxylation is 1. The second kappa shape index (κ2) is 12.8. The Balaban J connectivity index is 1.08. The second-order valence-corrected chi connectivity index (χ2v) is 14.2. The van der Waals surface area contributed by atoms with Crippen LogP contribution in [-0.4, -0.2) is 45.2 Å². The molecule has 1 amide bonds. The molecule has 0 aliphatic heterocycles. The Morgan fingerprint density at radius 3 is 2.43 bits per heavy atom. The number of thiazole rings is 1. The Kier molecular flexibility index (Phi) is 8.47. The van der Waals surface area contributed by atoms with Gasteiger partial charge < -0.3 is 9.64 Å². The van der Waals surface area contributed by atoms with Gasteiger partial charge in [-0.3, -0.25) is 4.79 Å². The van der Waals surface area contributed by atoms with Crippen molar-refractivity contribution in [3.8, 4) is 16.2 Å². The molecule has 230 valence electrons. The van der Waals surface area contributed by atoms with Gasteiger partial charge in [-0.25, -0.2) is 4.98 Å². The molecule has 3 aliphatic rings. The molecular weight excluding hydrogens is 568 g/mol. The number of anilines is 1. The first kappa shape index (κ1) is 29.1. The first-order valence-electron chi connectivity index (χ1n) is 16.3.